The molecule has 3 rings (SSSR count). The van der Waals surface area contributed by atoms with Gasteiger partial charge in [0.15, 0.2) is 0 Å². The second-order valence-corrected chi connectivity index (χ2v) is 8.20. The molecule has 1 heterocycles. The summed E-state index contributed by atoms with van der Waals surface area (Å²) < 4.78 is 29.1. The van der Waals surface area contributed by atoms with Crippen molar-refractivity contribution in [3.63, 3.8) is 0 Å². The van der Waals surface area contributed by atoms with Gasteiger partial charge in [-0.25, -0.2) is 13.6 Å². The van der Waals surface area contributed by atoms with Gasteiger partial charge in [0, 0.05) is 23.5 Å². The SMILES string of the molecule is Cc1cc(NC(=O)c2cc(S(N)(=O)=O)cc([N+](=O)[O-])c2C)ccc1Oc1cccnc1. The number of nitrogens with one attached hydrogen (secondary N) is 1. The van der Waals surface area contributed by atoms with E-state index >= 15 is 0 Å². The highest BCUT2D eigenvalue weighted by atomic mass is 32.2. The number of rotatable bonds is 6. The first-order valence-electron chi connectivity index (χ1n) is 8.88. The first kappa shape index (κ1) is 21.9. The standard InChI is InChI=1S/C20H18N4O6S/c1-12-8-14(5-6-19(12)30-15-4-3-7-22-11-15)23-20(25)17-9-16(31(21,28)29)10-18(13(17)2)24(26)27/h3-11H,1-2H3,(H,23,25)(H2,21,28,29). The Morgan fingerprint density at radius 3 is 2.52 bits per heavy atom. The number of aryl methyl sites for hydroxylation is 1. The molecule has 3 aromatic rings. The number of nitro groups is 1. The molecular weight excluding hydrogens is 424 g/mol. The van der Waals surface area contributed by atoms with Crippen LogP contribution < -0.4 is 15.2 Å². The molecule has 0 aliphatic carbocycles. The van der Waals surface area contributed by atoms with Crippen molar-refractivity contribution in [1.82, 2.24) is 4.98 Å². The molecule has 0 spiro atoms. The lowest BCUT2D eigenvalue weighted by Crippen LogP contribution is -2.18. The Kier molecular flexibility index (Phi) is 5.99. The van der Waals surface area contributed by atoms with E-state index in [1.54, 1.807) is 49.6 Å². The maximum Gasteiger partial charge on any atom is 0.274 e. The zero-order chi connectivity index (χ0) is 22.8. The number of aromatic nitrogens is 1. The number of anilines is 1. The van der Waals surface area contributed by atoms with E-state index in [0.29, 0.717) is 22.7 Å². The summed E-state index contributed by atoms with van der Waals surface area (Å²) in [5, 5.41) is 19.0. The average molecular weight is 442 g/mol. The number of sulfonamides is 1. The Bertz CT molecular complexity index is 1280. The number of benzene rings is 2. The van der Waals surface area contributed by atoms with E-state index in [-0.39, 0.29) is 11.1 Å². The molecule has 1 aromatic heterocycles. The van der Waals surface area contributed by atoms with Crippen molar-refractivity contribution in [3.8, 4) is 11.5 Å². The third kappa shape index (κ3) is 5.02. The number of nitrogens with two attached hydrogens (primary N) is 1. The number of amides is 1. The highest BCUT2D eigenvalue weighted by Crippen LogP contribution is 2.29. The van der Waals surface area contributed by atoms with Crippen LogP contribution in [0.25, 0.3) is 0 Å². The fourth-order valence-corrected chi connectivity index (χ4v) is 3.40. The maximum absolute atomic E-state index is 12.8. The number of carbonyl (C=O) groups excluding carboxylic acids is 1. The van der Waals surface area contributed by atoms with Gasteiger partial charge in [0.25, 0.3) is 11.6 Å². The van der Waals surface area contributed by atoms with Crippen molar-refractivity contribution in [3.05, 3.63) is 81.7 Å². The second kappa shape index (κ2) is 8.50. The van der Waals surface area contributed by atoms with Crippen LogP contribution in [0.1, 0.15) is 21.5 Å². The molecule has 10 nitrogen and oxygen atoms in total. The largest absolute Gasteiger partial charge is 0.455 e. The van der Waals surface area contributed by atoms with E-state index in [0.717, 1.165) is 12.1 Å². The summed E-state index contributed by atoms with van der Waals surface area (Å²) in [7, 11) is -4.25. The van der Waals surface area contributed by atoms with Gasteiger partial charge in [-0.15, -0.1) is 0 Å². The average Bonchev–Trinajstić information content (AvgIpc) is 2.69. The molecule has 0 fully saturated rings. The molecule has 160 valence electrons. The minimum atomic E-state index is -4.25. The van der Waals surface area contributed by atoms with E-state index in [1.807, 2.05) is 0 Å². The van der Waals surface area contributed by atoms with Crippen LogP contribution in [-0.2, 0) is 10.0 Å². The number of nitrogens with zero attached hydrogens (tertiary/aromatic N) is 2. The highest BCUT2D eigenvalue weighted by molar-refractivity contribution is 7.89. The van der Waals surface area contributed by atoms with Gasteiger partial charge in [0.05, 0.1) is 21.6 Å². The molecule has 2 aromatic carbocycles. The third-order valence-corrected chi connectivity index (χ3v) is 5.31. The van der Waals surface area contributed by atoms with Gasteiger partial charge in [-0.05, 0) is 55.8 Å². The van der Waals surface area contributed by atoms with Crippen molar-refractivity contribution >= 4 is 27.3 Å². The van der Waals surface area contributed by atoms with Crippen LogP contribution in [0.4, 0.5) is 11.4 Å². The van der Waals surface area contributed by atoms with Gasteiger partial charge in [-0.3, -0.25) is 19.9 Å². The topological polar surface area (TPSA) is 155 Å². The van der Waals surface area contributed by atoms with E-state index < -0.39 is 31.4 Å². The van der Waals surface area contributed by atoms with E-state index in [4.69, 9.17) is 9.88 Å². The fourth-order valence-electron chi connectivity index (χ4n) is 2.84. The summed E-state index contributed by atoms with van der Waals surface area (Å²) in [4.78, 5) is 26.7. The van der Waals surface area contributed by atoms with Crippen molar-refractivity contribution in [2.75, 3.05) is 5.32 Å². The van der Waals surface area contributed by atoms with Gasteiger partial charge >= 0.3 is 0 Å². The van der Waals surface area contributed by atoms with Gasteiger partial charge in [-0.1, -0.05) is 0 Å². The molecule has 0 unspecified atom stereocenters. The number of primary sulfonamides is 1. The minimum Gasteiger partial charge on any atom is -0.455 e. The smallest absolute Gasteiger partial charge is 0.274 e. The summed E-state index contributed by atoms with van der Waals surface area (Å²) in [5.74, 6) is 0.380. The number of carbonyl (C=O) groups is 1. The molecule has 31 heavy (non-hydrogen) atoms. The van der Waals surface area contributed by atoms with Crippen LogP contribution in [0.3, 0.4) is 0 Å². The summed E-state index contributed by atoms with van der Waals surface area (Å²) in [6.45, 7) is 3.13. The third-order valence-electron chi connectivity index (χ3n) is 4.42. The van der Waals surface area contributed by atoms with E-state index in [9.17, 15) is 23.3 Å². The monoisotopic (exact) mass is 442 g/mol. The zero-order valence-electron chi connectivity index (χ0n) is 16.5. The molecule has 3 N–H and O–H groups in total. The first-order chi connectivity index (χ1) is 14.6. The predicted molar refractivity (Wildman–Crippen MR) is 113 cm³/mol. The molecule has 1 amide bonds. The van der Waals surface area contributed by atoms with Gasteiger partial charge in [0.2, 0.25) is 10.0 Å². The lowest BCUT2D eigenvalue weighted by molar-refractivity contribution is -0.385. The number of pyridine rings is 1. The van der Waals surface area contributed by atoms with Gasteiger partial charge < -0.3 is 10.1 Å². The number of nitro benzene ring substituents is 1. The van der Waals surface area contributed by atoms with E-state index in [2.05, 4.69) is 10.3 Å². The molecule has 0 saturated heterocycles. The van der Waals surface area contributed by atoms with Gasteiger partial charge in [-0.2, -0.15) is 0 Å². The van der Waals surface area contributed by atoms with Crippen molar-refractivity contribution in [2.45, 2.75) is 18.7 Å². The lowest BCUT2D eigenvalue weighted by atomic mass is 10.1. The molecule has 0 aliphatic rings. The Morgan fingerprint density at radius 2 is 1.94 bits per heavy atom. The van der Waals surface area contributed by atoms with Crippen LogP contribution in [0.15, 0.2) is 59.8 Å². The Hall–Kier alpha value is -3.83. The number of hydrogen-bond acceptors (Lipinski definition) is 7. The van der Waals surface area contributed by atoms with Crippen molar-refractivity contribution in [2.24, 2.45) is 5.14 Å². The van der Waals surface area contributed by atoms with Crippen molar-refractivity contribution in [1.29, 1.82) is 0 Å². The lowest BCUT2D eigenvalue weighted by Gasteiger charge is -2.12. The highest BCUT2D eigenvalue weighted by Gasteiger charge is 2.24. The minimum absolute atomic E-state index is 0.0168. The molecule has 0 bridgehead atoms. The number of hydrogen-bond donors (Lipinski definition) is 2. The molecule has 0 atom stereocenters. The predicted octanol–water partition coefficient (Wildman–Crippen LogP) is 3.30. The summed E-state index contributed by atoms with van der Waals surface area (Å²) in [5.41, 5.74) is 0.425. The molecule has 11 heteroatoms. The Morgan fingerprint density at radius 1 is 1.19 bits per heavy atom. The Balaban J connectivity index is 1.90. The summed E-state index contributed by atoms with van der Waals surface area (Å²) >= 11 is 0. The quantitative estimate of drug-likeness (QED) is 0.438. The molecule has 0 saturated carbocycles. The first-order valence-corrected chi connectivity index (χ1v) is 10.4. The maximum atomic E-state index is 12.8. The zero-order valence-corrected chi connectivity index (χ0v) is 17.3. The van der Waals surface area contributed by atoms with Gasteiger partial charge in [0.1, 0.15) is 11.5 Å². The fraction of sp³-hybridized carbons (Fsp3) is 0.100. The summed E-state index contributed by atoms with van der Waals surface area (Å²) in [6, 6.07) is 10.2. The summed E-state index contributed by atoms with van der Waals surface area (Å²) in [6.07, 6.45) is 3.18. The van der Waals surface area contributed by atoms with Crippen LogP contribution in [0.2, 0.25) is 0 Å². The molecule has 0 radical (unpaired) electrons. The van der Waals surface area contributed by atoms with Crippen LogP contribution >= 0.6 is 0 Å². The van der Waals surface area contributed by atoms with Crippen molar-refractivity contribution < 1.29 is 22.9 Å². The second-order valence-electron chi connectivity index (χ2n) is 6.64. The Labute approximate surface area is 177 Å². The van der Waals surface area contributed by atoms with E-state index in [1.165, 1.54) is 6.92 Å². The normalized spacial score (nSPS) is 11.1. The van der Waals surface area contributed by atoms with Crippen LogP contribution in [0.5, 0.6) is 11.5 Å². The van der Waals surface area contributed by atoms with Crippen LogP contribution in [-0.4, -0.2) is 24.2 Å². The van der Waals surface area contributed by atoms with Crippen LogP contribution in [0, 0.1) is 24.0 Å². The molecule has 0 aliphatic heterocycles. The number of ether oxygens (including phenoxy) is 1. The molecular formula is C20H18N4O6S.